The molecule has 4 aromatic rings. The average Bonchev–Trinajstić information content (AvgIpc) is 3.11. The first kappa shape index (κ1) is 17.9. The minimum atomic E-state index is 0.833. The molecule has 0 saturated heterocycles. The topological polar surface area (TPSA) is 36.3 Å². The number of rotatable bonds is 5. The maximum Gasteiger partial charge on any atom is 0.118 e. The Morgan fingerprint density at radius 3 is 1.75 bits per heavy atom. The van der Waals surface area contributed by atoms with Crippen LogP contribution in [0.15, 0.2) is 78.9 Å². The summed E-state index contributed by atoms with van der Waals surface area (Å²) < 4.78 is 12.6. The Kier molecular flexibility index (Phi) is 4.85. The first-order chi connectivity index (χ1) is 13.7. The second-order valence-electron chi connectivity index (χ2n) is 6.53. The van der Waals surface area contributed by atoms with E-state index in [0.717, 1.165) is 45.3 Å². The third-order valence-electron chi connectivity index (χ3n) is 4.85. The van der Waals surface area contributed by atoms with Crippen molar-refractivity contribution in [2.75, 3.05) is 14.2 Å². The largest absolute Gasteiger partial charge is 0.497 e. The molecule has 0 aliphatic carbocycles. The van der Waals surface area contributed by atoms with E-state index in [2.05, 4.69) is 31.2 Å². The Labute approximate surface area is 165 Å². The maximum atomic E-state index is 5.31. The third kappa shape index (κ3) is 3.25. The molecule has 0 unspecified atom stereocenters. The van der Waals surface area contributed by atoms with E-state index in [9.17, 15) is 0 Å². The molecular formula is C24H22N2O2. The van der Waals surface area contributed by atoms with Gasteiger partial charge in [-0.15, -0.1) is 0 Å². The predicted molar refractivity (Wildman–Crippen MR) is 112 cm³/mol. The van der Waals surface area contributed by atoms with Gasteiger partial charge < -0.3 is 9.47 Å². The van der Waals surface area contributed by atoms with Crippen LogP contribution in [-0.2, 0) is 0 Å². The van der Waals surface area contributed by atoms with Crippen LogP contribution < -0.4 is 9.47 Å². The van der Waals surface area contributed by atoms with Crippen molar-refractivity contribution in [2.24, 2.45) is 0 Å². The molecule has 0 saturated carbocycles. The van der Waals surface area contributed by atoms with Crippen molar-refractivity contribution in [3.05, 3.63) is 84.4 Å². The fourth-order valence-electron chi connectivity index (χ4n) is 3.36. The highest BCUT2D eigenvalue weighted by Gasteiger charge is 2.18. The summed E-state index contributed by atoms with van der Waals surface area (Å²) in [6.45, 7) is 2.12. The van der Waals surface area contributed by atoms with Crippen molar-refractivity contribution < 1.29 is 9.47 Å². The van der Waals surface area contributed by atoms with Crippen molar-refractivity contribution in [2.45, 2.75) is 6.92 Å². The van der Waals surface area contributed by atoms with E-state index in [4.69, 9.17) is 14.6 Å². The van der Waals surface area contributed by atoms with Crippen LogP contribution in [0.5, 0.6) is 11.5 Å². The number of ether oxygens (including phenoxy) is 2. The van der Waals surface area contributed by atoms with Gasteiger partial charge >= 0.3 is 0 Å². The summed E-state index contributed by atoms with van der Waals surface area (Å²) in [4.78, 5) is 0. The standard InChI is InChI=1S/C24H22N2O2/c1-17-23(18-9-13-21(27-2)14-10-18)25-26(20-7-5-4-6-8-20)24(17)19-11-15-22(28-3)16-12-19/h4-16H,1-3H3. The van der Waals surface area contributed by atoms with Crippen molar-refractivity contribution in [1.82, 2.24) is 9.78 Å². The lowest BCUT2D eigenvalue weighted by Gasteiger charge is -2.09. The fourth-order valence-corrected chi connectivity index (χ4v) is 3.36. The molecule has 0 aliphatic rings. The highest BCUT2D eigenvalue weighted by Crippen LogP contribution is 2.34. The summed E-state index contributed by atoms with van der Waals surface area (Å²) >= 11 is 0. The van der Waals surface area contributed by atoms with E-state index < -0.39 is 0 Å². The second kappa shape index (κ2) is 7.61. The molecule has 0 bridgehead atoms. The number of hydrogen-bond acceptors (Lipinski definition) is 3. The van der Waals surface area contributed by atoms with Gasteiger partial charge in [0.05, 0.1) is 31.3 Å². The summed E-state index contributed by atoms with van der Waals surface area (Å²) in [5, 5.41) is 4.97. The van der Waals surface area contributed by atoms with Gasteiger partial charge in [-0.2, -0.15) is 5.10 Å². The molecule has 140 valence electrons. The zero-order valence-electron chi connectivity index (χ0n) is 16.2. The van der Waals surface area contributed by atoms with Crippen LogP contribution in [0.2, 0.25) is 0 Å². The molecule has 0 radical (unpaired) electrons. The van der Waals surface area contributed by atoms with Crippen molar-refractivity contribution in [1.29, 1.82) is 0 Å². The molecular weight excluding hydrogens is 348 g/mol. The van der Waals surface area contributed by atoms with Gasteiger partial charge in [0.2, 0.25) is 0 Å². The molecule has 4 heteroatoms. The fraction of sp³-hybridized carbons (Fsp3) is 0.125. The van der Waals surface area contributed by atoms with E-state index in [1.807, 2.05) is 59.3 Å². The van der Waals surface area contributed by atoms with Gasteiger partial charge in [0.25, 0.3) is 0 Å². The molecule has 0 amide bonds. The molecule has 28 heavy (non-hydrogen) atoms. The normalized spacial score (nSPS) is 10.7. The van der Waals surface area contributed by atoms with Gasteiger partial charge in [-0.05, 0) is 67.6 Å². The van der Waals surface area contributed by atoms with Crippen LogP contribution in [0, 0.1) is 6.92 Å². The maximum absolute atomic E-state index is 5.31. The van der Waals surface area contributed by atoms with Crippen LogP contribution in [0.25, 0.3) is 28.2 Å². The van der Waals surface area contributed by atoms with Gasteiger partial charge in [-0.25, -0.2) is 4.68 Å². The van der Waals surface area contributed by atoms with Crippen LogP contribution >= 0.6 is 0 Å². The van der Waals surface area contributed by atoms with Crippen LogP contribution in [-0.4, -0.2) is 24.0 Å². The lowest BCUT2D eigenvalue weighted by molar-refractivity contribution is 0.414. The quantitative estimate of drug-likeness (QED) is 0.463. The number of hydrogen-bond donors (Lipinski definition) is 0. The Morgan fingerprint density at radius 1 is 0.679 bits per heavy atom. The molecule has 3 aromatic carbocycles. The van der Waals surface area contributed by atoms with E-state index in [-0.39, 0.29) is 0 Å². The number of benzene rings is 3. The van der Waals surface area contributed by atoms with E-state index >= 15 is 0 Å². The molecule has 0 spiro atoms. The second-order valence-corrected chi connectivity index (χ2v) is 6.53. The van der Waals surface area contributed by atoms with Gasteiger partial charge in [0, 0.05) is 16.7 Å². The van der Waals surface area contributed by atoms with E-state index in [0.29, 0.717) is 0 Å². The van der Waals surface area contributed by atoms with Gasteiger partial charge in [0.15, 0.2) is 0 Å². The molecule has 0 fully saturated rings. The third-order valence-corrected chi connectivity index (χ3v) is 4.85. The smallest absolute Gasteiger partial charge is 0.118 e. The Bertz CT molecular complexity index is 1070. The highest BCUT2D eigenvalue weighted by atomic mass is 16.5. The molecule has 4 nitrogen and oxygen atoms in total. The first-order valence-electron chi connectivity index (χ1n) is 9.15. The lowest BCUT2D eigenvalue weighted by atomic mass is 10.0. The number of aromatic nitrogens is 2. The summed E-state index contributed by atoms with van der Waals surface area (Å²) in [5.74, 6) is 1.67. The van der Waals surface area contributed by atoms with Crippen LogP contribution in [0.1, 0.15) is 5.56 Å². The monoisotopic (exact) mass is 370 g/mol. The van der Waals surface area contributed by atoms with E-state index in [1.165, 1.54) is 0 Å². The van der Waals surface area contributed by atoms with Crippen molar-refractivity contribution in [3.63, 3.8) is 0 Å². The average molecular weight is 370 g/mol. The lowest BCUT2D eigenvalue weighted by Crippen LogP contribution is -1.99. The Hall–Kier alpha value is -3.53. The summed E-state index contributed by atoms with van der Waals surface area (Å²) in [7, 11) is 3.35. The van der Waals surface area contributed by atoms with Gasteiger partial charge in [-0.1, -0.05) is 18.2 Å². The zero-order chi connectivity index (χ0) is 19.5. The molecule has 1 aromatic heterocycles. The number of nitrogens with zero attached hydrogens (tertiary/aromatic N) is 2. The van der Waals surface area contributed by atoms with E-state index in [1.54, 1.807) is 14.2 Å². The zero-order valence-corrected chi connectivity index (χ0v) is 16.2. The minimum Gasteiger partial charge on any atom is -0.497 e. The SMILES string of the molecule is COc1ccc(-c2nn(-c3ccccc3)c(-c3ccc(OC)cc3)c2C)cc1. The number of methoxy groups -OCH3 is 2. The molecule has 4 rings (SSSR count). The predicted octanol–water partition coefficient (Wildman–Crippen LogP) is 5.53. The number of para-hydroxylation sites is 1. The summed E-state index contributed by atoms with van der Waals surface area (Å²) in [5.41, 5.74) is 6.32. The highest BCUT2D eigenvalue weighted by molar-refractivity contribution is 5.76. The molecule has 0 N–H and O–H groups in total. The molecule has 1 heterocycles. The Balaban J connectivity index is 1.90. The van der Waals surface area contributed by atoms with Crippen molar-refractivity contribution >= 4 is 0 Å². The summed E-state index contributed by atoms with van der Waals surface area (Å²) in [6.07, 6.45) is 0. The van der Waals surface area contributed by atoms with Gasteiger partial charge in [-0.3, -0.25) is 0 Å². The Morgan fingerprint density at radius 2 is 1.21 bits per heavy atom. The van der Waals surface area contributed by atoms with Crippen molar-refractivity contribution in [3.8, 4) is 39.7 Å². The van der Waals surface area contributed by atoms with Crippen LogP contribution in [0.4, 0.5) is 0 Å². The summed E-state index contributed by atoms with van der Waals surface area (Å²) in [6, 6.07) is 26.3. The minimum absolute atomic E-state index is 0.833. The molecule has 0 aliphatic heterocycles. The first-order valence-corrected chi connectivity index (χ1v) is 9.15. The van der Waals surface area contributed by atoms with Gasteiger partial charge in [0.1, 0.15) is 11.5 Å². The molecule has 0 atom stereocenters. The van der Waals surface area contributed by atoms with Crippen LogP contribution in [0.3, 0.4) is 0 Å².